The van der Waals surface area contributed by atoms with Gasteiger partial charge in [-0.2, -0.15) is 0 Å². The van der Waals surface area contributed by atoms with Gasteiger partial charge in [0.25, 0.3) is 0 Å². The van der Waals surface area contributed by atoms with Gasteiger partial charge < -0.3 is 20.8 Å². The average molecular weight is 379 g/mol. The van der Waals surface area contributed by atoms with E-state index < -0.39 is 0 Å². The van der Waals surface area contributed by atoms with E-state index in [2.05, 4.69) is 59.2 Å². The number of hydrogen-bond donors (Lipinski definition) is 4. The highest BCUT2D eigenvalue weighted by atomic mass is 16.3. The zero-order chi connectivity index (χ0) is 19.6. The molecule has 3 aromatic rings. The fourth-order valence-corrected chi connectivity index (χ4v) is 3.18. The summed E-state index contributed by atoms with van der Waals surface area (Å²) in [5, 5.41) is 22.8. The molecule has 28 heavy (non-hydrogen) atoms. The molecule has 6 N–H and O–H groups in total. The first kappa shape index (κ1) is 20.2. The monoisotopic (exact) mass is 378 g/mol. The van der Waals surface area contributed by atoms with Gasteiger partial charge in [0.15, 0.2) is 0 Å². The number of aliphatic hydroxyl groups is 2. The molecule has 0 aromatic heterocycles. The Morgan fingerprint density at radius 1 is 0.393 bits per heavy atom. The zero-order valence-electron chi connectivity index (χ0n) is 16.2. The van der Waals surface area contributed by atoms with E-state index in [0.717, 1.165) is 37.3 Å². The second-order valence-corrected chi connectivity index (χ2v) is 7.16. The Kier molecular flexibility index (Phi) is 7.76. The van der Waals surface area contributed by atoms with Crippen molar-refractivity contribution in [1.82, 2.24) is 0 Å². The van der Waals surface area contributed by atoms with E-state index in [4.69, 9.17) is 10.2 Å². The van der Waals surface area contributed by atoms with Crippen molar-refractivity contribution in [1.29, 1.82) is 0 Å². The molecule has 0 radical (unpaired) electrons. The summed E-state index contributed by atoms with van der Waals surface area (Å²) in [6.45, 7) is 4.01. The molecule has 0 saturated carbocycles. The van der Waals surface area contributed by atoms with Crippen molar-refractivity contribution < 1.29 is 20.8 Å². The zero-order valence-corrected chi connectivity index (χ0v) is 16.2. The molecule has 3 aromatic carbocycles. The Balaban J connectivity index is 1.38. The predicted molar refractivity (Wildman–Crippen MR) is 110 cm³/mol. The summed E-state index contributed by atoms with van der Waals surface area (Å²) in [6.07, 6.45) is 0. The van der Waals surface area contributed by atoms with Crippen LogP contribution in [0.25, 0.3) is 0 Å². The van der Waals surface area contributed by atoms with Gasteiger partial charge in [0, 0.05) is 22.3 Å². The standard InChI is InChI=1S/C24H28N2O2/c27-17-23-9-5-21(6-10-23)15-25-13-19-1-2-20(4-3-19)14-26-16-22-7-11-24(18-28)12-8-22/h1-12,25-28H,13-18H2/p+2. The predicted octanol–water partition coefficient (Wildman–Crippen LogP) is 1.20. The topological polar surface area (TPSA) is 73.7 Å². The third-order valence-corrected chi connectivity index (χ3v) is 4.95. The maximum atomic E-state index is 9.09. The summed E-state index contributed by atoms with van der Waals surface area (Å²) >= 11 is 0. The van der Waals surface area contributed by atoms with Crippen molar-refractivity contribution in [3.05, 3.63) is 106 Å². The van der Waals surface area contributed by atoms with Gasteiger partial charge in [-0.05, 0) is 11.1 Å². The summed E-state index contributed by atoms with van der Waals surface area (Å²) in [7, 11) is 0. The molecule has 3 rings (SSSR count). The minimum absolute atomic E-state index is 0.101. The van der Waals surface area contributed by atoms with E-state index in [0.29, 0.717) is 0 Å². The number of hydrogen-bond acceptors (Lipinski definition) is 2. The summed E-state index contributed by atoms with van der Waals surface area (Å²) in [4.78, 5) is 0. The minimum atomic E-state index is 0.101. The van der Waals surface area contributed by atoms with E-state index in [1.54, 1.807) is 0 Å². The van der Waals surface area contributed by atoms with Crippen molar-refractivity contribution in [2.45, 2.75) is 39.4 Å². The molecular formula is C24H30N2O2+2. The van der Waals surface area contributed by atoms with E-state index >= 15 is 0 Å². The van der Waals surface area contributed by atoms with Crippen LogP contribution in [0, 0.1) is 0 Å². The minimum Gasteiger partial charge on any atom is -0.392 e. The fourth-order valence-electron chi connectivity index (χ4n) is 3.18. The fraction of sp³-hybridized carbons (Fsp3) is 0.250. The van der Waals surface area contributed by atoms with Gasteiger partial charge in [0.05, 0.1) is 13.2 Å². The molecule has 0 fully saturated rings. The lowest BCUT2D eigenvalue weighted by atomic mass is 10.1. The molecule has 4 nitrogen and oxygen atoms in total. The van der Waals surface area contributed by atoms with Crippen LogP contribution in [0.4, 0.5) is 0 Å². The highest BCUT2D eigenvalue weighted by Crippen LogP contribution is 2.05. The van der Waals surface area contributed by atoms with Crippen LogP contribution in [0.3, 0.4) is 0 Å². The quantitative estimate of drug-likeness (QED) is 0.428. The molecule has 0 aliphatic carbocycles. The van der Waals surface area contributed by atoms with Crippen LogP contribution in [0.5, 0.6) is 0 Å². The second-order valence-electron chi connectivity index (χ2n) is 7.16. The van der Waals surface area contributed by atoms with E-state index in [-0.39, 0.29) is 13.2 Å². The summed E-state index contributed by atoms with van der Waals surface area (Å²) < 4.78 is 0. The van der Waals surface area contributed by atoms with Crippen molar-refractivity contribution in [2.75, 3.05) is 0 Å². The molecule has 0 aliphatic heterocycles. The van der Waals surface area contributed by atoms with Gasteiger partial charge in [0.2, 0.25) is 0 Å². The largest absolute Gasteiger partial charge is 0.392 e. The summed E-state index contributed by atoms with van der Waals surface area (Å²) in [5.74, 6) is 0. The molecule has 4 heteroatoms. The third kappa shape index (κ3) is 6.29. The molecule has 146 valence electrons. The summed E-state index contributed by atoms with van der Waals surface area (Å²) in [5.41, 5.74) is 7.12. The van der Waals surface area contributed by atoms with Crippen LogP contribution in [-0.2, 0) is 39.4 Å². The van der Waals surface area contributed by atoms with Crippen LogP contribution >= 0.6 is 0 Å². The first-order valence-electron chi connectivity index (χ1n) is 9.85. The molecule has 0 unspecified atom stereocenters. The van der Waals surface area contributed by atoms with E-state index in [9.17, 15) is 0 Å². The maximum Gasteiger partial charge on any atom is 0.101 e. The molecule has 0 aliphatic rings. The molecule has 0 saturated heterocycles. The van der Waals surface area contributed by atoms with Gasteiger partial charge >= 0.3 is 0 Å². The Labute approximate surface area is 166 Å². The molecule has 0 spiro atoms. The summed E-state index contributed by atoms with van der Waals surface area (Å²) in [6, 6.07) is 25.1. The van der Waals surface area contributed by atoms with Crippen molar-refractivity contribution >= 4 is 0 Å². The maximum absolute atomic E-state index is 9.09. The lowest BCUT2D eigenvalue weighted by Crippen LogP contribution is -2.81. The van der Waals surface area contributed by atoms with Crippen molar-refractivity contribution in [2.24, 2.45) is 0 Å². The highest BCUT2D eigenvalue weighted by Gasteiger charge is 2.01. The van der Waals surface area contributed by atoms with Gasteiger partial charge in [-0.1, -0.05) is 72.8 Å². The van der Waals surface area contributed by atoms with Crippen LogP contribution < -0.4 is 10.6 Å². The van der Waals surface area contributed by atoms with E-state index in [1.807, 2.05) is 24.3 Å². The molecule has 0 amide bonds. The Hall–Kier alpha value is -2.50. The smallest absolute Gasteiger partial charge is 0.101 e. The average Bonchev–Trinajstić information content (AvgIpc) is 2.76. The number of quaternary nitrogens is 2. The molecule has 0 heterocycles. The van der Waals surface area contributed by atoms with Crippen LogP contribution in [0.1, 0.15) is 33.4 Å². The molecule has 0 bridgehead atoms. The normalized spacial score (nSPS) is 10.9. The van der Waals surface area contributed by atoms with Gasteiger partial charge in [-0.25, -0.2) is 0 Å². The van der Waals surface area contributed by atoms with E-state index in [1.165, 1.54) is 22.3 Å². The number of benzene rings is 3. The Morgan fingerprint density at radius 2 is 0.607 bits per heavy atom. The SMILES string of the molecule is OCc1ccc(C[NH2+]Cc2ccc(C[NH2+]Cc3ccc(CO)cc3)cc2)cc1. The van der Waals surface area contributed by atoms with Crippen LogP contribution in [0.2, 0.25) is 0 Å². The first-order chi connectivity index (χ1) is 13.8. The second kappa shape index (κ2) is 10.7. The lowest BCUT2D eigenvalue weighted by molar-refractivity contribution is -0.686. The Morgan fingerprint density at radius 3 is 0.821 bits per heavy atom. The number of aliphatic hydroxyl groups excluding tert-OH is 2. The molecule has 0 atom stereocenters. The van der Waals surface area contributed by atoms with Crippen molar-refractivity contribution in [3.63, 3.8) is 0 Å². The Bertz CT molecular complexity index is 755. The van der Waals surface area contributed by atoms with Crippen LogP contribution in [0.15, 0.2) is 72.8 Å². The highest BCUT2D eigenvalue weighted by molar-refractivity contribution is 5.23. The van der Waals surface area contributed by atoms with Crippen molar-refractivity contribution in [3.8, 4) is 0 Å². The number of nitrogens with two attached hydrogens (primary N) is 2. The first-order valence-corrected chi connectivity index (χ1v) is 9.85. The van der Waals surface area contributed by atoms with Gasteiger partial charge in [-0.15, -0.1) is 0 Å². The number of rotatable bonds is 10. The van der Waals surface area contributed by atoms with Gasteiger partial charge in [-0.3, -0.25) is 0 Å². The van der Waals surface area contributed by atoms with Gasteiger partial charge in [0.1, 0.15) is 26.2 Å². The van der Waals surface area contributed by atoms with Crippen LogP contribution in [-0.4, -0.2) is 10.2 Å². The molecular weight excluding hydrogens is 348 g/mol. The lowest BCUT2D eigenvalue weighted by Gasteiger charge is -2.06. The third-order valence-electron chi connectivity index (χ3n) is 4.95.